The van der Waals surface area contributed by atoms with Gasteiger partial charge < -0.3 is 5.73 Å². The lowest BCUT2D eigenvalue weighted by molar-refractivity contribution is -0.119. The van der Waals surface area contributed by atoms with Crippen LogP contribution < -0.4 is 10.5 Å². The molecule has 0 unspecified atom stereocenters. The number of rotatable bonds is 6. The van der Waals surface area contributed by atoms with Crippen molar-refractivity contribution in [3.63, 3.8) is 0 Å². The molecule has 0 aliphatic carbocycles. The Morgan fingerprint density at radius 2 is 1.95 bits per heavy atom. The van der Waals surface area contributed by atoms with E-state index in [4.69, 9.17) is 17.3 Å². The number of carbonyl (C=O) groups excluding carboxylic acids is 1. The van der Waals surface area contributed by atoms with E-state index in [0.717, 1.165) is 0 Å². The van der Waals surface area contributed by atoms with Gasteiger partial charge in [0.1, 0.15) is 0 Å². The zero-order chi connectivity index (χ0) is 14.7. The summed E-state index contributed by atoms with van der Waals surface area (Å²) in [4.78, 5) is 11.0. The van der Waals surface area contributed by atoms with Crippen LogP contribution in [0.3, 0.4) is 0 Å². The molecule has 0 saturated carbocycles. The van der Waals surface area contributed by atoms with Gasteiger partial charge in [-0.25, -0.2) is 13.1 Å². The summed E-state index contributed by atoms with van der Waals surface area (Å²) >= 11 is 5.73. The maximum Gasteiger partial charge on any atom is 0.241 e. The Bertz CT molecular complexity index is 570. The van der Waals surface area contributed by atoms with Gasteiger partial charge in [0.05, 0.1) is 4.90 Å². The molecule has 1 rings (SSSR count). The van der Waals surface area contributed by atoms with Gasteiger partial charge >= 0.3 is 0 Å². The van der Waals surface area contributed by atoms with Gasteiger partial charge in [-0.05, 0) is 25.5 Å². The highest BCUT2D eigenvalue weighted by Gasteiger charge is 2.28. The number of alkyl halides is 1. The Balaban J connectivity index is 3.08. The summed E-state index contributed by atoms with van der Waals surface area (Å²) in [7, 11) is -3.75. The molecule has 1 amide bonds. The van der Waals surface area contributed by atoms with Crippen LogP contribution in [0, 0.1) is 0 Å². The van der Waals surface area contributed by atoms with E-state index in [2.05, 4.69) is 4.72 Å². The average molecular weight is 305 g/mol. The topological polar surface area (TPSA) is 89.3 Å². The molecule has 0 saturated heterocycles. The van der Waals surface area contributed by atoms with Crippen LogP contribution in [0.5, 0.6) is 0 Å². The van der Waals surface area contributed by atoms with Crippen molar-refractivity contribution in [1.29, 1.82) is 0 Å². The van der Waals surface area contributed by atoms with Crippen molar-refractivity contribution >= 4 is 27.5 Å². The van der Waals surface area contributed by atoms with E-state index in [0.29, 0.717) is 5.56 Å². The molecule has 0 heterocycles. The van der Waals surface area contributed by atoms with Crippen LogP contribution in [0.1, 0.15) is 25.8 Å². The van der Waals surface area contributed by atoms with Crippen molar-refractivity contribution in [2.75, 3.05) is 0 Å². The highest BCUT2D eigenvalue weighted by Crippen LogP contribution is 2.20. The van der Waals surface area contributed by atoms with Gasteiger partial charge in [0.25, 0.3) is 0 Å². The van der Waals surface area contributed by atoms with Gasteiger partial charge in [-0.2, -0.15) is 0 Å². The molecule has 0 aliphatic rings. The van der Waals surface area contributed by atoms with Gasteiger partial charge in [-0.3, -0.25) is 4.79 Å². The van der Waals surface area contributed by atoms with Gasteiger partial charge in [-0.15, -0.1) is 11.6 Å². The minimum atomic E-state index is -3.75. The number of nitrogens with one attached hydrogen (secondary N) is 1. The average Bonchev–Trinajstić information content (AvgIpc) is 2.25. The predicted molar refractivity (Wildman–Crippen MR) is 74.2 cm³/mol. The van der Waals surface area contributed by atoms with E-state index in [1.165, 1.54) is 6.07 Å². The van der Waals surface area contributed by atoms with Crippen LogP contribution in [0.4, 0.5) is 0 Å². The van der Waals surface area contributed by atoms with Crippen molar-refractivity contribution in [2.24, 2.45) is 5.73 Å². The molecular formula is C12H17ClN2O3S. The zero-order valence-electron chi connectivity index (χ0n) is 10.8. The molecule has 7 heteroatoms. The number of amides is 1. The second-order valence-electron chi connectivity index (χ2n) is 4.87. The van der Waals surface area contributed by atoms with Crippen LogP contribution in [0.15, 0.2) is 29.2 Å². The van der Waals surface area contributed by atoms with E-state index in [-0.39, 0.29) is 17.2 Å². The third-order valence-corrected chi connectivity index (χ3v) is 4.52. The number of primary amides is 1. The summed E-state index contributed by atoms with van der Waals surface area (Å²) in [5.41, 5.74) is 4.65. The van der Waals surface area contributed by atoms with Crippen LogP contribution in [0.2, 0.25) is 0 Å². The lowest BCUT2D eigenvalue weighted by Gasteiger charge is -2.25. The van der Waals surface area contributed by atoms with Crippen molar-refractivity contribution in [3.05, 3.63) is 29.8 Å². The molecule has 0 fully saturated rings. The number of sulfonamides is 1. The number of benzene rings is 1. The van der Waals surface area contributed by atoms with Crippen molar-refractivity contribution in [3.8, 4) is 0 Å². The fraction of sp³-hybridized carbons (Fsp3) is 0.417. The van der Waals surface area contributed by atoms with Crippen LogP contribution >= 0.6 is 11.6 Å². The molecule has 1 aromatic carbocycles. The van der Waals surface area contributed by atoms with Gasteiger partial charge in [0.15, 0.2) is 0 Å². The number of hydrogen-bond donors (Lipinski definition) is 2. The summed E-state index contributed by atoms with van der Waals surface area (Å²) < 4.78 is 27.0. The molecule has 0 atom stereocenters. The number of halogens is 1. The third kappa shape index (κ3) is 4.49. The molecule has 3 N–H and O–H groups in total. The Labute approximate surface area is 118 Å². The molecule has 1 aromatic rings. The van der Waals surface area contributed by atoms with E-state index in [1.54, 1.807) is 32.0 Å². The first-order valence-electron chi connectivity index (χ1n) is 5.64. The summed E-state index contributed by atoms with van der Waals surface area (Å²) in [6.45, 7) is 3.19. The Morgan fingerprint density at radius 3 is 2.47 bits per heavy atom. The first-order valence-corrected chi connectivity index (χ1v) is 7.66. The fourth-order valence-corrected chi connectivity index (χ4v) is 3.73. The molecule has 0 radical (unpaired) electrons. The monoisotopic (exact) mass is 304 g/mol. The molecule has 0 aliphatic heterocycles. The molecule has 0 bridgehead atoms. The molecule has 5 nitrogen and oxygen atoms in total. The Morgan fingerprint density at radius 1 is 1.37 bits per heavy atom. The zero-order valence-corrected chi connectivity index (χ0v) is 12.4. The van der Waals surface area contributed by atoms with Crippen molar-refractivity contribution in [1.82, 2.24) is 4.72 Å². The van der Waals surface area contributed by atoms with Crippen molar-refractivity contribution < 1.29 is 13.2 Å². The summed E-state index contributed by atoms with van der Waals surface area (Å²) in [5, 5.41) is 0. The summed E-state index contributed by atoms with van der Waals surface area (Å²) in [5.74, 6) is -0.480. The summed E-state index contributed by atoms with van der Waals surface area (Å²) in [6.07, 6.45) is -0.0880. The van der Waals surface area contributed by atoms with Gasteiger partial charge in [0.2, 0.25) is 15.9 Å². The Kier molecular flexibility index (Phi) is 4.95. The summed E-state index contributed by atoms with van der Waals surface area (Å²) in [6, 6.07) is 6.44. The smallest absolute Gasteiger partial charge is 0.241 e. The highest BCUT2D eigenvalue weighted by molar-refractivity contribution is 7.89. The molecule has 106 valence electrons. The number of hydrogen-bond acceptors (Lipinski definition) is 3. The number of nitrogens with two attached hydrogens (primary N) is 1. The van der Waals surface area contributed by atoms with Crippen molar-refractivity contribution in [2.45, 2.75) is 36.6 Å². The fourth-order valence-electron chi connectivity index (χ4n) is 1.77. The SMILES string of the molecule is CC(C)(CC(N)=O)NS(=O)(=O)c1ccccc1CCl. The molecule has 0 spiro atoms. The van der Waals surface area contributed by atoms with E-state index >= 15 is 0 Å². The molecule has 0 aromatic heterocycles. The van der Waals surface area contributed by atoms with Gasteiger partial charge in [0, 0.05) is 17.8 Å². The lowest BCUT2D eigenvalue weighted by atomic mass is 10.0. The third-order valence-electron chi connectivity index (χ3n) is 2.43. The van der Waals surface area contributed by atoms with E-state index in [9.17, 15) is 13.2 Å². The predicted octanol–water partition coefficient (Wildman–Crippen LogP) is 1.36. The normalized spacial score (nSPS) is 12.4. The Hall–Kier alpha value is -1.11. The van der Waals surface area contributed by atoms with Crippen LogP contribution in [-0.4, -0.2) is 19.9 Å². The quantitative estimate of drug-likeness (QED) is 0.778. The minimum absolute atomic E-state index is 0.0880. The first kappa shape index (κ1) is 15.9. The molecular weight excluding hydrogens is 288 g/mol. The van der Waals surface area contributed by atoms with Crippen LogP contribution in [-0.2, 0) is 20.7 Å². The standard InChI is InChI=1S/C12H17ClN2O3S/c1-12(2,7-11(14)16)15-19(17,18)10-6-4-3-5-9(10)8-13/h3-6,15H,7-8H2,1-2H3,(H2,14,16). The highest BCUT2D eigenvalue weighted by atomic mass is 35.5. The number of carbonyl (C=O) groups is 1. The maximum absolute atomic E-state index is 12.3. The second kappa shape index (κ2) is 5.90. The first-order chi connectivity index (χ1) is 8.68. The minimum Gasteiger partial charge on any atom is -0.370 e. The van der Waals surface area contributed by atoms with Gasteiger partial charge in [-0.1, -0.05) is 18.2 Å². The maximum atomic E-state index is 12.3. The lowest BCUT2D eigenvalue weighted by Crippen LogP contribution is -2.46. The largest absolute Gasteiger partial charge is 0.370 e. The second-order valence-corrected chi connectivity index (χ2v) is 6.79. The van der Waals surface area contributed by atoms with E-state index in [1.807, 2.05) is 0 Å². The molecule has 19 heavy (non-hydrogen) atoms. The van der Waals surface area contributed by atoms with Crippen LogP contribution in [0.25, 0.3) is 0 Å². The van der Waals surface area contributed by atoms with E-state index < -0.39 is 21.5 Å².